The first-order valence-corrected chi connectivity index (χ1v) is 9.25. The van der Waals surface area contributed by atoms with E-state index in [-0.39, 0.29) is 18.0 Å². The summed E-state index contributed by atoms with van der Waals surface area (Å²) in [5.74, 6) is 1.25. The van der Waals surface area contributed by atoms with Crippen LogP contribution in [0.2, 0.25) is 0 Å². The number of hydrogen-bond acceptors (Lipinski definition) is 4. The number of benzene rings is 2. The minimum atomic E-state index is -0.253. The van der Waals surface area contributed by atoms with Gasteiger partial charge in [-0.05, 0) is 31.5 Å². The topological polar surface area (TPSA) is 67.5 Å². The average Bonchev–Trinajstić information content (AvgIpc) is 3.27. The highest BCUT2D eigenvalue weighted by Gasteiger charge is 2.43. The maximum Gasteiger partial charge on any atom is 0.273 e. The number of carbonyl (C=O) groups is 1. The minimum Gasteiger partial charge on any atom is -0.493 e. The third kappa shape index (κ3) is 2.72. The van der Waals surface area contributed by atoms with E-state index in [1.807, 2.05) is 67.3 Å². The number of aromatic amines is 1. The molecule has 0 bridgehead atoms. The van der Waals surface area contributed by atoms with Gasteiger partial charge in [0.25, 0.3) is 5.91 Å². The lowest BCUT2D eigenvalue weighted by atomic mass is 9.95. The number of methoxy groups -OCH3 is 2. The van der Waals surface area contributed by atoms with Crippen LogP contribution in [0.1, 0.15) is 41.5 Å². The molecule has 2 heterocycles. The molecule has 6 heteroatoms. The lowest BCUT2D eigenvalue weighted by molar-refractivity contribution is 0.0687. The monoisotopic (exact) mass is 377 g/mol. The van der Waals surface area contributed by atoms with E-state index in [4.69, 9.17) is 9.47 Å². The van der Waals surface area contributed by atoms with Gasteiger partial charge in [-0.15, -0.1) is 0 Å². The molecule has 1 amide bonds. The van der Waals surface area contributed by atoms with Gasteiger partial charge in [0.1, 0.15) is 5.69 Å². The molecule has 0 fully saturated rings. The van der Waals surface area contributed by atoms with E-state index in [9.17, 15) is 4.79 Å². The van der Waals surface area contributed by atoms with Crippen LogP contribution in [0.5, 0.6) is 11.5 Å². The van der Waals surface area contributed by atoms with Crippen LogP contribution in [0.25, 0.3) is 11.3 Å². The lowest BCUT2D eigenvalue weighted by Gasteiger charge is -2.30. The number of ether oxygens (including phenoxy) is 2. The number of rotatable bonds is 5. The second-order valence-corrected chi connectivity index (χ2v) is 7.05. The number of carbonyl (C=O) groups excluding carboxylic acids is 1. The Kier molecular flexibility index (Phi) is 4.55. The van der Waals surface area contributed by atoms with Gasteiger partial charge < -0.3 is 14.4 Å². The summed E-state index contributed by atoms with van der Waals surface area (Å²) in [4.78, 5) is 15.0. The van der Waals surface area contributed by atoms with Gasteiger partial charge in [0, 0.05) is 17.2 Å². The first-order chi connectivity index (χ1) is 13.6. The van der Waals surface area contributed by atoms with E-state index in [2.05, 4.69) is 10.2 Å². The highest BCUT2D eigenvalue weighted by Crippen LogP contribution is 2.45. The summed E-state index contributed by atoms with van der Waals surface area (Å²) in [6.07, 6.45) is 0. The molecule has 0 saturated carbocycles. The van der Waals surface area contributed by atoms with Crippen molar-refractivity contribution in [3.63, 3.8) is 0 Å². The summed E-state index contributed by atoms with van der Waals surface area (Å²) in [6.45, 7) is 4.04. The van der Waals surface area contributed by atoms with Crippen molar-refractivity contribution in [3.8, 4) is 22.8 Å². The highest BCUT2D eigenvalue weighted by molar-refractivity contribution is 6.00. The van der Waals surface area contributed by atoms with E-state index >= 15 is 0 Å². The molecule has 0 radical (unpaired) electrons. The molecule has 0 aliphatic carbocycles. The Morgan fingerprint density at radius 2 is 1.75 bits per heavy atom. The summed E-state index contributed by atoms with van der Waals surface area (Å²) in [5, 5.41) is 7.45. The number of fused-ring (bicyclic) bond motifs is 1. The molecule has 3 aromatic rings. The number of nitrogens with one attached hydrogen (secondary N) is 1. The maximum atomic E-state index is 13.1. The van der Waals surface area contributed by atoms with Gasteiger partial charge in [0.15, 0.2) is 11.5 Å². The number of amides is 1. The highest BCUT2D eigenvalue weighted by atomic mass is 16.5. The van der Waals surface area contributed by atoms with Gasteiger partial charge >= 0.3 is 0 Å². The smallest absolute Gasteiger partial charge is 0.273 e. The molecule has 1 atom stereocenters. The van der Waals surface area contributed by atoms with Gasteiger partial charge in [-0.1, -0.05) is 36.4 Å². The summed E-state index contributed by atoms with van der Waals surface area (Å²) >= 11 is 0. The largest absolute Gasteiger partial charge is 0.493 e. The summed E-state index contributed by atoms with van der Waals surface area (Å²) in [5.41, 5.74) is 4.18. The number of aromatic nitrogens is 2. The normalized spacial score (nSPS) is 15.8. The maximum absolute atomic E-state index is 13.1. The zero-order valence-electron chi connectivity index (χ0n) is 16.4. The molecule has 1 aromatic heterocycles. The Morgan fingerprint density at radius 1 is 1.04 bits per heavy atom. The van der Waals surface area contributed by atoms with E-state index in [0.29, 0.717) is 17.2 Å². The van der Waals surface area contributed by atoms with Crippen molar-refractivity contribution in [2.75, 3.05) is 14.2 Å². The molecule has 28 heavy (non-hydrogen) atoms. The van der Waals surface area contributed by atoms with Crippen LogP contribution < -0.4 is 9.47 Å². The van der Waals surface area contributed by atoms with Gasteiger partial charge in [-0.3, -0.25) is 9.89 Å². The predicted molar refractivity (Wildman–Crippen MR) is 107 cm³/mol. The van der Waals surface area contributed by atoms with E-state index in [1.54, 1.807) is 14.2 Å². The fourth-order valence-corrected chi connectivity index (χ4v) is 3.86. The molecule has 1 aliphatic heterocycles. The van der Waals surface area contributed by atoms with Crippen molar-refractivity contribution in [2.45, 2.75) is 25.9 Å². The quantitative estimate of drug-likeness (QED) is 0.728. The molecule has 1 aliphatic rings. The third-order valence-electron chi connectivity index (χ3n) is 5.13. The molecule has 2 aromatic carbocycles. The number of nitrogens with zero attached hydrogens (tertiary/aromatic N) is 2. The summed E-state index contributed by atoms with van der Waals surface area (Å²) in [7, 11) is 3.22. The zero-order chi connectivity index (χ0) is 19.8. The standard InChI is InChI=1S/C22H23N3O3/c1-13(2)25-21(15-10-11-16(27-3)17(12-15)28-4)18-19(14-8-6-5-7-9-14)23-24-20(18)22(25)26/h5-13,21H,1-4H3,(H,23,24). The predicted octanol–water partition coefficient (Wildman–Crippen LogP) is 4.05. The molecule has 144 valence electrons. The average molecular weight is 377 g/mol. The van der Waals surface area contributed by atoms with Crippen molar-refractivity contribution < 1.29 is 14.3 Å². The van der Waals surface area contributed by atoms with E-state index in [0.717, 1.165) is 22.4 Å². The first-order valence-electron chi connectivity index (χ1n) is 9.25. The second-order valence-electron chi connectivity index (χ2n) is 7.05. The fourth-order valence-electron chi connectivity index (χ4n) is 3.86. The first kappa shape index (κ1) is 18.1. The van der Waals surface area contributed by atoms with Gasteiger partial charge in [-0.25, -0.2) is 0 Å². The van der Waals surface area contributed by atoms with Gasteiger partial charge in [0.2, 0.25) is 0 Å². The molecule has 1 unspecified atom stereocenters. The van der Waals surface area contributed by atoms with Crippen molar-refractivity contribution in [2.24, 2.45) is 0 Å². The SMILES string of the molecule is COc1ccc(C2c3c(-c4ccccc4)n[nH]c3C(=O)N2C(C)C)cc1OC. The van der Waals surface area contributed by atoms with Crippen LogP contribution in [0.4, 0.5) is 0 Å². The van der Waals surface area contributed by atoms with Crippen LogP contribution >= 0.6 is 0 Å². The lowest BCUT2D eigenvalue weighted by Crippen LogP contribution is -2.35. The molecular formula is C22H23N3O3. The van der Waals surface area contributed by atoms with E-state index in [1.165, 1.54) is 0 Å². The summed E-state index contributed by atoms with van der Waals surface area (Å²) in [6, 6.07) is 15.5. The van der Waals surface area contributed by atoms with Crippen LogP contribution in [-0.4, -0.2) is 41.3 Å². The van der Waals surface area contributed by atoms with E-state index < -0.39 is 0 Å². The Bertz CT molecular complexity index is 1010. The second kappa shape index (κ2) is 7.03. The van der Waals surface area contributed by atoms with Crippen LogP contribution in [0, 0.1) is 0 Å². The van der Waals surface area contributed by atoms with Crippen molar-refractivity contribution >= 4 is 5.91 Å². The molecular weight excluding hydrogens is 354 g/mol. The third-order valence-corrected chi connectivity index (χ3v) is 5.13. The van der Waals surface area contributed by atoms with Crippen molar-refractivity contribution in [1.82, 2.24) is 15.1 Å². The fraction of sp³-hybridized carbons (Fsp3) is 0.273. The molecule has 6 nitrogen and oxygen atoms in total. The Labute approximate surface area is 164 Å². The molecule has 0 saturated heterocycles. The molecule has 1 N–H and O–H groups in total. The Balaban J connectivity index is 1.91. The van der Waals surface area contributed by atoms with Crippen molar-refractivity contribution in [1.29, 1.82) is 0 Å². The van der Waals surface area contributed by atoms with Gasteiger partial charge in [-0.2, -0.15) is 5.10 Å². The zero-order valence-corrected chi connectivity index (χ0v) is 16.4. The van der Waals surface area contributed by atoms with Crippen LogP contribution in [-0.2, 0) is 0 Å². The molecule has 0 spiro atoms. The number of hydrogen-bond donors (Lipinski definition) is 1. The Hall–Kier alpha value is -3.28. The minimum absolute atomic E-state index is 0.0232. The van der Waals surface area contributed by atoms with Gasteiger partial charge in [0.05, 0.1) is 26.0 Å². The Morgan fingerprint density at radius 3 is 2.39 bits per heavy atom. The summed E-state index contributed by atoms with van der Waals surface area (Å²) < 4.78 is 10.9. The number of H-pyrrole nitrogens is 1. The molecule has 4 rings (SSSR count). The van der Waals surface area contributed by atoms with Crippen LogP contribution in [0.15, 0.2) is 48.5 Å². The van der Waals surface area contributed by atoms with Crippen LogP contribution in [0.3, 0.4) is 0 Å². The van der Waals surface area contributed by atoms with Crippen molar-refractivity contribution in [3.05, 3.63) is 65.4 Å².